The van der Waals surface area contributed by atoms with Crippen LogP contribution in [-0.4, -0.2) is 99.5 Å². The molecule has 425 valence electrons. The van der Waals surface area contributed by atoms with E-state index in [1.807, 2.05) is 42.5 Å². The third-order valence-corrected chi connectivity index (χ3v) is 15.9. The second-order valence-electron chi connectivity index (χ2n) is 18.8. The van der Waals surface area contributed by atoms with E-state index in [-0.39, 0.29) is 75.2 Å². The Morgan fingerprint density at radius 3 is 1.38 bits per heavy atom. The van der Waals surface area contributed by atoms with Gasteiger partial charge in [-0.15, -0.1) is 12.4 Å². The minimum Gasteiger partial charge on any atom is -1.00 e. The topological polar surface area (TPSA) is 158 Å². The largest absolute Gasteiger partial charge is 1.00 e. The average molecular weight is 1380 g/mol. The number of nitrogens with one attached hydrogen (secondary N) is 4. The SMILES string of the molecule is Cl.Clc1ccc2[nH]c3c(c2c1)CCNC3.O=C(CBr)c1cc(Cl)cc(Cl)c1.O=C(CN1CCc2c([nH]c3ccc(Cl)cc23)C1)c1cc(Cl)cc(Cl)c1.O=CO.OC(CN1CCc2c([nH]c3ccc(Cl)cc23)C1)c1cc(Cl)cc(Cl)c1.[B].[H-].[Na+]. The minimum absolute atomic E-state index is 0. The Morgan fingerprint density at radius 1 is 0.561 bits per heavy atom. The molecule has 6 N–H and O–H groups in total. The molecule has 0 spiro atoms. The summed E-state index contributed by atoms with van der Waals surface area (Å²) in [5.41, 5.74) is 12.9. The zero-order chi connectivity index (χ0) is 56.5. The monoisotopic (exact) mass is 1380 g/mol. The molecule has 1 atom stereocenters. The summed E-state index contributed by atoms with van der Waals surface area (Å²) >= 11 is 56.8. The number of rotatable bonds is 8. The van der Waals surface area contributed by atoms with Crippen LogP contribution in [0.5, 0.6) is 0 Å². The summed E-state index contributed by atoms with van der Waals surface area (Å²) < 4.78 is 0. The molecular formula is C58H52BBrCl10N6NaO5. The van der Waals surface area contributed by atoms with Crippen molar-refractivity contribution in [2.24, 2.45) is 0 Å². The molecular weight excluding hydrogens is 1330 g/mol. The molecule has 0 saturated carbocycles. The Labute approximate surface area is 559 Å². The smallest absolute Gasteiger partial charge is 1.00 e. The van der Waals surface area contributed by atoms with E-state index in [1.54, 1.807) is 54.6 Å². The number of H-pyrrole nitrogens is 3. The number of alkyl halides is 1. The number of carboxylic acid groups (broad SMARTS) is 1. The summed E-state index contributed by atoms with van der Waals surface area (Å²) in [4.78, 5) is 46.8. The first-order chi connectivity index (χ1) is 37.9. The van der Waals surface area contributed by atoms with Crippen LogP contribution in [0.2, 0.25) is 45.2 Å². The van der Waals surface area contributed by atoms with Gasteiger partial charge in [0.2, 0.25) is 0 Å². The molecule has 82 heavy (non-hydrogen) atoms. The molecule has 11 nitrogen and oxygen atoms in total. The first-order valence-corrected chi connectivity index (χ1v) is 29.2. The molecule has 0 fully saturated rings. The van der Waals surface area contributed by atoms with E-state index >= 15 is 0 Å². The Kier molecular flexibility index (Phi) is 27.8. The number of aliphatic hydroxyl groups excluding tert-OH is 1. The van der Waals surface area contributed by atoms with Crippen LogP contribution < -0.4 is 34.9 Å². The number of carbonyl (C=O) groups is 3. The summed E-state index contributed by atoms with van der Waals surface area (Å²) in [6.45, 7) is 5.82. The first kappa shape index (κ1) is 69.8. The van der Waals surface area contributed by atoms with Gasteiger partial charge in [0.15, 0.2) is 11.6 Å². The van der Waals surface area contributed by atoms with Gasteiger partial charge in [-0.1, -0.05) is 120 Å². The third kappa shape index (κ3) is 18.5. The van der Waals surface area contributed by atoms with Gasteiger partial charge in [0, 0.05) is 154 Å². The number of Topliss-reactive ketones (excluding diaryl/α,β-unsaturated/α-hetero) is 2. The summed E-state index contributed by atoms with van der Waals surface area (Å²) in [7, 11) is 0. The van der Waals surface area contributed by atoms with Crippen molar-refractivity contribution in [3.05, 3.63) is 205 Å². The van der Waals surface area contributed by atoms with Gasteiger partial charge in [-0.2, -0.15) is 0 Å². The van der Waals surface area contributed by atoms with E-state index in [0.717, 1.165) is 89.3 Å². The van der Waals surface area contributed by atoms with Crippen molar-refractivity contribution in [1.29, 1.82) is 0 Å². The zero-order valence-corrected chi connectivity index (χ0v) is 55.0. The number of aromatic nitrogens is 3. The fourth-order valence-electron chi connectivity index (χ4n) is 9.89. The third-order valence-electron chi connectivity index (χ3n) is 13.4. The quantitative estimate of drug-likeness (QED) is 0.0380. The van der Waals surface area contributed by atoms with Crippen molar-refractivity contribution in [1.82, 2.24) is 30.1 Å². The van der Waals surface area contributed by atoms with E-state index in [0.29, 0.717) is 60.9 Å². The zero-order valence-electron chi connectivity index (χ0n) is 44.8. The van der Waals surface area contributed by atoms with Gasteiger partial charge in [-0.05, 0) is 157 Å². The fourth-order valence-corrected chi connectivity index (χ4v) is 12.3. The van der Waals surface area contributed by atoms with E-state index in [2.05, 4.69) is 58.1 Å². The second-order valence-corrected chi connectivity index (χ2v) is 23.3. The predicted octanol–water partition coefficient (Wildman–Crippen LogP) is 13.5. The molecule has 6 heterocycles. The molecule has 0 bridgehead atoms. The number of hydrogen-bond donors (Lipinski definition) is 6. The van der Waals surface area contributed by atoms with E-state index in [4.69, 9.17) is 114 Å². The van der Waals surface area contributed by atoms with Crippen molar-refractivity contribution in [2.45, 2.75) is 45.0 Å². The maximum absolute atomic E-state index is 12.6. The van der Waals surface area contributed by atoms with Crippen LogP contribution in [0.4, 0.5) is 0 Å². The Bertz CT molecular complexity index is 3650. The van der Waals surface area contributed by atoms with Gasteiger partial charge in [0.25, 0.3) is 6.47 Å². The minimum atomic E-state index is -0.628. The van der Waals surface area contributed by atoms with Gasteiger partial charge < -0.3 is 31.9 Å². The van der Waals surface area contributed by atoms with Gasteiger partial charge in [0.1, 0.15) is 0 Å². The fraction of sp³-hybridized carbons (Fsp3) is 0.224. The molecule has 3 aromatic heterocycles. The molecule has 3 radical (unpaired) electrons. The van der Waals surface area contributed by atoms with Crippen molar-refractivity contribution in [3.63, 3.8) is 0 Å². The van der Waals surface area contributed by atoms with Crippen LogP contribution in [0.3, 0.4) is 0 Å². The van der Waals surface area contributed by atoms with Crippen LogP contribution in [0, 0.1) is 0 Å². The van der Waals surface area contributed by atoms with E-state index in [9.17, 15) is 14.7 Å². The standard InChI is InChI=1S/C19H17Cl3N2O.C19H15Cl3N2O.C11H11ClN2.C8H5BrCl2O.CH2O2.B.ClH.Na.H/c2*20-12-1-2-17-16(8-12)15-3-4-24(9-18(15)23-17)10-19(25)11-5-13(21)7-14(22)6-11;12-7-1-2-10-9(5-7)8-3-4-13-6-11(8)14-10;9-4-8(12)5-1-6(10)3-7(11)2-5;2-1-3;;;;/h1-2,5-8,19,23,25H,3-4,9-10H2;1-2,5-8,23H,3-4,9-10H2;1-2,5,13-14H,3-4,6H2;1-3H,4H2;1H,(H,2,3);;1H;;/q;;;;;;;+1;-1. The Hall–Kier alpha value is -2.97. The summed E-state index contributed by atoms with van der Waals surface area (Å²) in [5.74, 6) is -0.00796. The normalized spacial score (nSPS) is 13.7. The van der Waals surface area contributed by atoms with Crippen LogP contribution >= 0.6 is 133 Å². The van der Waals surface area contributed by atoms with Crippen molar-refractivity contribution < 1.29 is 55.6 Å². The van der Waals surface area contributed by atoms with Gasteiger partial charge in [0.05, 0.1) is 18.0 Å². The van der Waals surface area contributed by atoms with E-state index in [1.165, 1.54) is 49.8 Å². The first-order valence-electron chi connectivity index (χ1n) is 24.7. The average Bonchev–Trinajstić information content (AvgIpc) is 4.14. The summed E-state index contributed by atoms with van der Waals surface area (Å²) in [6.07, 6.45) is 2.28. The number of aromatic amines is 3. The van der Waals surface area contributed by atoms with Crippen molar-refractivity contribution in [2.75, 3.05) is 38.1 Å². The number of β-amino-alcohol motifs (C(OH)–C–C–N with tert-alkyl or cyclic N) is 1. The van der Waals surface area contributed by atoms with Crippen LogP contribution in [0.25, 0.3) is 32.7 Å². The van der Waals surface area contributed by atoms with Crippen LogP contribution in [-0.2, 0) is 43.7 Å². The maximum Gasteiger partial charge on any atom is 1.00 e. The Balaban J connectivity index is 0.000000239. The van der Waals surface area contributed by atoms with Crippen molar-refractivity contribution in [3.8, 4) is 0 Å². The van der Waals surface area contributed by atoms with Crippen LogP contribution in [0.1, 0.15) is 67.6 Å². The van der Waals surface area contributed by atoms with Gasteiger partial charge in [-0.25, -0.2) is 0 Å². The molecule has 3 aliphatic heterocycles. The molecule has 0 amide bonds. The Morgan fingerprint density at radius 2 is 0.939 bits per heavy atom. The number of carbonyl (C=O) groups excluding carboxylic acids is 2. The molecule has 9 aromatic rings. The summed E-state index contributed by atoms with van der Waals surface area (Å²) in [5, 5.41) is 30.0. The van der Waals surface area contributed by atoms with Crippen LogP contribution in [0.15, 0.2) is 109 Å². The predicted molar refractivity (Wildman–Crippen MR) is 343 cm³/mol. The number of hydrogen-bond acceptors (Lipinski definition) is 7. The molecule has 0 saturated heterocycles. The summed E-state index contributed by atoms with van der Waals surface area (Å²) in [6, 6.07) is 32.8. The molecule has 3 aliphatic rings. The second kappa shape index (κ2) is 32.7. The van der Waals surface area contributed by atoms with Crippen molar-refractivity contribution >= 4 is 192 Å². The number of ketones is 2. The number of fused-ring (bicyclic) bond motifs is 9. The number of aliphatic hydroxyl groups is 1. The maximum atomic E-state index is 12.6. The number of benzene rings is 6. The van der Waals surface area contributed by atoms with Gasteiger partial charge >= 0.3 is 29.6 Å². The van der Waals surface area contributed by atoms with Gasteiger partial charge in [-0.3, -0.25) is 24.2 Å². The molecule has 24 heteroatoms. The molecule has 0 aliphatic carbocycles. The number of halogens is 11. The number of nitrogens with zero attached hydrogens (tertiary/aromatic N) is 2. The molecule has 1 unspecified atom stereocenters. The molecule has 6 aromatic carbocycles. The van der Waals surface area contributed by atoms with E-state index < -0.39 is 6.10 Å². The molecule has 12 rings (SSSR count).